The summed E-state index contributed by atoms with van der Waals surface area (Å²) in [6, 6.07) is 16.8. The second-order valence-electron chi connectivity index (χ2n) is 7.10. The van der Waals surface area contributed by atoms with Crippen LogP contribution in [0.1, 0.15) is 11.1 Å². The van der Waals surface area contributed by atoms with E-state index >= 15 is 0 Å². The highest BCUT2D eigenvalue weighted by Gasteiger charge is 2.27. The summed E-state index contributed by atoms with van der Waals surface area (Å²) >= 11 is 3.49. The Labute approximate surface area is 187 Å². The highest BCUT2D eigenvalue weighted by atomic mass is 79.9. The van der Waals surface area contributed by atoms with E-state index in [1.807, 2.05) is 11.0 Å². The van der Waals surface area contributed by atoms with Crippen LogP contribution in [0.15, 0.2) is 53.0 Å². The van der Waals surface area contributed by atoms with E-state index in [4.69, 9.17) is 0 Å². The van der Waals surface area contributed by atoms with Gasteiger partial charge in [0.2, 0.25) is 5.91 Å². The molecule has 0 saturated carbocycles. The van der Waals surface area contributed by atoms with Crippen molar-refractivity contribution in [3.63, 3.8) is 0 Å². The maximum atomic E-state index is 12.4. The van der Waals surface area contributed by atoms with Crippen molar-refractivity contribution in [3.05, 3.63) is 64.1 Å². The molecule has 0 bridgehead atoms. The Balaban J connectivity index is 0.00000140. The summed E-state index contributed by atoms with van der Waals surface area (Å²) in [6.45, 7) is 7.08. The van der Waals surface area contributed by atoms with Crippen LogP contribution in [0.25, 0.3) is 0 Å². The fourth-order valence-corrected chi connectivity index (χ4v) is 4.26. The lowest BCUT2D eigenvalue weighted by Gasteiger charge is -2.35. The summed E-state index contributed by atoms with van der Waals surface area (Å²) in [5.74, 6) is 0.223. The normalized spacial score (nSPS) is 17.0. The smallest absolute Gasteiger partial charge is 0.231 e. The number of nitrogens with zero attached hydrogens (tertiary/aromatic N) is 3. The average Bonchev–Trinajstić information content (AvgIpc) is 2.96. The Bertz CT molecular complexity index is 782. The van der Waals surface area contributed by atoms with Crippen LogP contribution in [0.3, 0.4) is 0 Å². The maximum absolute atomic E-state index is 12.4. The predicted octanol–water partition coefficient (Wildman–Crippen LogP) is 4.00. The van der Waals surface area contributed by atoms with Gasteiger partial charge in [0.15, 0.2) is 0 Å². The first kappa shape index (κ1) is 23.2. The van der Waals surface area contributed by atoms with Crippen molar-refractivity contribution in [3.8, 4) is 0 Å². The van der Waals surface area contributed by atoms with Gasteiger partial charge in [0, 0.05) is 56.0 Å². The van der Waals surface area contributed by atoms with Crippen molar-refractivity contribution in [1.82, 2.24) is 9.80 Å². The number of carbonyl (C=O) groups excluding carboxylic acids is 1. The molecular formula is C21H26BrCl2N3O. The minimum absolute atomic E-state index is 0. The molecule has 152 valence electrons. The highest BCUT2D eigenvalue weighted by Crippen LogP contribution is 2.31. The molecule has 0 radical (unpaired) electrons. The molecule has 1 saturated heterocycles. The van der Waals surface area contributed by atoms with Crippen molar-refractivity contribution in [2.45, 2.75) is 13.0 Å². The Hall–Kier alpha value is -1.11. The Kier molecular flexibility index (Phi) is 8.78. The summed E-state index contributed by atoms with van der Waals surface area (Å²) in [5.41, 5.74) is 3.60. The van der Waals surface area contributed by atoms with Gasteiger partial charge in [0.05, 0.1) is 6.42 Å². The molecule has 1 amide bonds. The lowest BCUT2D eigenvalue weighted by atomic mass is 10.2. The van der Waals surface area contributed by atoms with E-state index in [0.29, 0.717) is 6.42 Å². The second kappa shape index (κ2) is 10.6. The van der Waals surface area contributed by atoms with Crippen molar-refractivity contribution in [1.29, 1.82) is 0 Å². The summed E-state index contributed by atoms with van der Waals surface area (Å²) in [4.78, 5) is 19.3. The maximum Gasteiger partial charge on any atom is 0.231 e. The number of carbonyl (C=O) groups is 1. The molecule has 1 fully saturated rings. The molecule has 2 aliphatic rings. The van der Waals surface area contributed by atoms with Gasteiger partial charge in [-0.05, 0) is 29.3 Å². The molecule has 28 heavy (non-hydrogen) atoms. The first-order valence-electron chi connectivity index (χ1n) is 9.26. The number of benzene rings is 2. The molecule has 2 aromatic carbocycles. The van der Waals surface area contributed by atoms with E-state index in [1.54, 1.807) is 0 Å². The first-order chi connectivity index (χ1) is 12.7. The predicted molar refractivity (Wildman–Crippen MR) is 123 cm³/mol. The summed E-state index contributed by atoms with van der Waals surface area (Å²) in [5, 5.41) is 0. The third kappa shape index (κ3) is 5.49. The molecule has 2 aliphatic heterocycles. The molecular weight excluding hydrogens is 461 g/mol. The molecule has 4 nitrogen and oxygen atoms in total. The Morgan fingerprint density at radius 2 is 1.54 bits per heavy atom. The minimum Gasteiger partial charge on any atom is -0.311 e. The molecule has 2 heterocycles. The van der Waals surface area contributed by atoms with Gasteiger partial charge in [-0.1, -0.05) is 46.3 Å². The minimum atomic E-state index is 0. The van der Waals surface area contributed by atoms with Crippen LogP contribution in [-0.2, 0) is 17.8 Å². The van der Waals surface area contributed by atoms with Crippen LogP contribution in [0.5, 0.6) is 0 Å². The second-order valence-corrected chi connectivity index (χ2v) is 8.01. The number of halogens is 3. The quantitative estimate of drug-likeness (QED) is 0.639. The summed E-state index contributed by atoms with van der Waals surface area (Å²) in [7, 11) is 0. The first-order valence-corrected chi connectivity index (χ1v) is 10.1. The Morgan fingerprint density at radius 3 is 2.25 bits per heavy atom. The molecule has 7 heteroatoms. The number of fused-ring (bicyclic) bond motifs is 1. The van der Waals surface area contributed by atoms with Gasteiger partial charge in [0.1, 0.15) is 0 Å². The average molecular weight is 487 g/mol. The molecule has 4 rings (SSSR count). The van der Waals surface area contributed by atoms with E-state index in [0.717, 1.165) is 61.5 Å². The van der Waals surface area contributed by atoms with Gasteiger partial charge in [-0.2, -0.15) is 0 Å². The summed E-state index contributed by atoms with van der Waals surface area (Å²) < 4.78 is 1.04. The van der Waals surface area contributed by atoms with Gasteiger partial charge in [-0.3, -0.25) is 14.6 Å². The molecule has 0 aromatic heterocycles. The summed E-state index contributed by atoms with van der Waals surface area (Å²) in [6.07, 6.45) is 0.527. The number of rotatable bonds is 5. The monoisotopic (exact) mass is 485 g/mol. The number of amides is 1. The van der Waals surface area contributed by atoms with Crippen LogP contribution in [0.2, 0.25) is 0 Å². The molecule has 2 aromatic rings. The van der Waals surface area contributed by atoms with E-state index in [2.05, 4.69) is 68.2 Å². The SMILES string of the molecule is Cl.Cl.O=C1Cc2cc(Br)ccc2N1CCN1CCN(Cc2ccccc2)CC1. The van der Waals surface area contributed by atoms with Gasteiger partial charge < -0.3 is 4.90 Å². The zero-order chi connectivity index (χ0) is 17.9. The fourth-order valence-electron chi connectivity index (χ4n) is 3.85. The standard InChI is InChI=1S/C21H24BrN3O.2ClH/c22-19-6-7-20-18(14-19)15-21(26)25(20)13-12-23-8-10-24(11-9-23)16-17-4-2-1-3-5-17;;/h1-7,14H,8-13,15-16H2;2*1H. The van der Waals surface area contributed by atoms with E-state index < -0.39 is 0 Å². The molecule has 0 N–H and O–H groups in total. The van der Waals surface area contributed by atoms with Crippen LogP contribution in [-0.4, -0.2) is 55.0 Å². The lowest BCUT2D eigenvalue weighted by Crippen LogP contribution is -2.48. The third-order valence-electron chi connectivity index (χ3n) is 5.33. The third-order valence-corrected chi connectivity index (χ3v) is 5.82. The molecule has 0 atom stereocenters. The van der Waals surface area contributed by atoms with E-state index in [-0.39, 0.29) is 30.7 Å². The number of piperazine rings is 1. The van der Waals surface area contributed by atoms with Crippen molar-refractivity contribution < 1.29 is 4.79 Å². The topological polar surface area (TPSA) is 26.8 Å². The largest absolute Gasteiger partial charge is 0.311 e. The number of hydrogen-bond acceptors (Lipinski definition) is 3. The van der Waals surface area contributed by atoms with Crippen LogP contribution in [0, 0.1) is 0 Å². The highest BCUT2D eigenvalue weighted by molar-refractivity contribution is 9.10. The lowest BCUT2D eigenvalue weighted by molar-refractivity contribution is -0.117. The molecule has 0 aliphatic carbocycles. The zero-order valence-corrected chi connectivity index (χ0v) is 18.9. The van der Waals surface area contributed by atoms with Crippen LogP contribution < -0.4 is 4.90 Å². The molecule has 0 unspecified atom stereocenters. The fraction of sp³-hybridized carbons (Fsp3) is 0.381. The van der Waals surface area contributed by atoms with Crippen LogP contribution in [0.4, 0.5) is 5.69 Å². The van der Waals surface area contributed by atoms with Gasteiger partial charge >= 0.3 is 0 Å². The van der Waals surface area contributed by atoms with Crippen molar-refractivity contribution in [2.75, 3.05) is 44.2 Å². The van der Waals surface area contributed by atoms with E-state index in [9.17, 15) is 4.79 Å². The van der Waals surface area contributed by atoms with Crippen molar-refractivity contribution in [2.24, 2.45) is 0 Å². The van der Waals surface area contributed by atoms with Crippen molar-refractivity contribution >= 4 is 52.3 Å². The van der Waals surface area contributed by atoms with Gasteiger partial charge in [-0.15, -0.1) is 24.8 Å². The van der Waals surface area contributed by atoms with E-state index in [1.165, 1.54) is 5.56 Å². The molecule has 0 spiro atoms. The van der Waals surface area contributed by atoms with Crippen LogP contribution >= 0.6 is 40.7 Å². The Morgan fingerprint density at radius 1 is 0.857 bits per heavy atom. The van der Waals surface area contributed by atoms with Gasteiger partial charge in [0.25, 0.3) is 0 Å². The number of anilines is 1. The zero-order valence-electron chi connectivity index (χ0n) is 15.7. The number of hydrogen-bond donors (Lipinski definition) is 0. The van der Waals surface area contributed by atoms with Gasteiger partial charge in [-0.25, -0.2) is 0 Å².